The first-order chi connectivity index (χ1) is 14.8. The molecule has 5 rings (SSSR count). The number of rotatable bonds is 0. The quantitative estimate of drug-likeness (QED) is 0.314. The number of aryl methyl sites for hydroxylation is 6. The molecule has 1 nitrogen and oxygen atoms in total. The van der Waals surface area contributed by atoms with Gasteiger partial charge in [0.05, 0.1) is 0 Å². The average Bonchev–Trinajstić information content (AvgIpc) is 3.17. The van der Waals surface area contributed by atoms with Crippen molar-refractivity contribution in [3.63, 3.8) is 0 Å². The third-order valence-corrected chi connectivity index (χ3v) is 5.71. The van der Waals surface area contributed by atoms with Crippen molar-refractivity contribution in [3.8, 4) is 0 Å². The molecule has 4 aromatic carbocycles. The Hall–Kier alpha value is -2.90. The molecule has 1 N–H and O–H groups in total. The van der Waals surface area contributed by atoms with Crippen molar-refractivity contribution in [2.45, 2.75) is 54.6 Å². The molecule has 0 unspecified atom stereocenters. The highest BCUT2D eigenvalue weighted by atomic mass is 14.9. The van der Waals surface area contributed by atoms with E-state index in [1.807, 2.05) is 0 Å². The van der Waals surface area contributed by atoms with Gasteiger partial charge < -0.3 is 5.32 Å². The molecule has 1 aliphatic heterocycles. The molecule has 0 spiro atoms. The highest BCUT2D eigenvalue weighted by Crippen LogP contribution is 2.21. The van der Waals surface area contributed by atoms with Gasteiger partial charge in [-0.1, -0.05) is 95.1 Å². The monoisotopic (exact) mass is 409 g/mol. The maximum Gasteiger partial charge on any atom is 0.0214 e. The van der Waals surface area contributed by atoms with Gasteiger partial charge in [-0.3, -0.25) is 0 Å². The molecule has 0 saturated carbocycles. The van der Waals surface area contributed by atoms with Crippen LogP contribution in [-0.4, -0.2) is 0 Å². The molecule has 0 aliphatic carbocycles. The minimum Gasteiger partial charge on any atom is -0.309 e. The van der Waals surface area contributed by atoms with Crippen LogP contribution >= 0.6 is 0 Å². The van der Waals surface area contributed by atoms with Gasteiger partial charge in [0.1, 0.15) is 0 Å². The lowest BCUT2D eigenvalue weighted by atomic mass is 10.0. The predicted octanol–water partition coefficient (Wildman–Crippen LogP) is 7.67. The first kappa shape index (κ1) is 22.8. The van der Waals surface area contributed by atoms with E-state index >= 15 is 0 Å². The summed E-state index contributed by atoms with van der Waals surface area (Å²) >= 11 is 0. The lowest BCUT2D eigenvalue weighted by Crippen LogP contribution is -2.00. The van der Waals surface area contributed by atoms with Gasteiger partial charge in [0.25, 0.3) is 0 Å². The Labute approximate surface area is 188 Å². The Morgan fingerprint density at radius 1 is 0.548 bits per heavy atom. The highest BCUT2D eigenvalue weighted by molar-refractivity contribution is 5.86. The van der Waals surface area contributed by atoms with E-state index in [-0.39, 0.29) is 0 Å². The molecule has 1 heterocycles. The SMILES string of the molecule is Cc1cc(C)c2c(c1)CNC2.Cc1cc(C)c2ccccc2c1.Cc1cccc(C)c1. The molecule has 1 aliphatic rings. The molecule has 1 heteroatoms. The van der Waals surface area contributed by atoms with Crippen molar-refractivity contribution in [3.05, 3.63) is 117 Å². The standard InChI is InChI=1S/C12H12.C10H13N.C8H10/c1-9-7-10(2)12-6-4-3-5-11(12)8-9;1-7-3-8(2)10-6-11-5-9(10)4-7;1-7-4-3-5-8(2)6-7/h3-8H,1-2H3;3-4,11H,5-6H2,1-2H3;3-6H,1-2H3. The number of fused-ring (bicyclic) bond motifs is 2. The van der Waals surface area contributed by atoms with Gasteiger partial charge in [-0.25, -0.2) is 0 Å². The van der Waals surface area contributed by atoms with Gasteiger partial charge in [0, 0.05) is 13.1 Å². The van der Waals surface area contributed by atoms with Gasteiger partial charge in [0.15, 0.2) is 0 Å². The molecule has 0 amide bonds. The summed E-state index contributed by atoms with van der Waals surface area (Å²) in [6.07, 6.45) is 0. The van der Waals surface area contributed by atoms with E-state index in [1.165, 1.54) is 55.3 Å². The van der Waals surface area contributed by atoms with Crippen molar-refractivity contribution in [1.82, 2.24) is 5.32 Å². The smallest absolute Gasteiger partial charge is 0.0214 e. The van der Waals surface area contributed by atoms with Gasteiger partial charge in [-0.15, -0.1) is 0 Å². The zero-order valence-electron chi connectivity index (χ0n) is 19.8. The normalized spacial score (nSPS) is 11.8. The first-order valence-corrected chi connectivity index (χ1v) is 11.1. The number of nitrogens with one attached hydrogen (secondary N) is 1. The van der Waals surface area contributed by atoms with Crippen LogP contribution in [0.3, 0.4) is 0 Å². The summed E-state index contributed by atoms with van der Waals surface area (Å²) in [5.74, 6) is 0. The topological polar surface area (TPSA) is 12.0 Å². The molecular weight excluding hydrogens is 374 g/mol. The van der Waals surface area contributed by atoms with Crippen molar-refractivity contribution >= 4 is 10.8 Å². The van der Waals surface area contributed by atoms with Crippen LogP contribution in [0.4, 0.5) is 0 Å². The van der Waals surface area contributed by atoms with E-state index in [2.05, 4.69) is 120 Å². The first-order valence-electron chi connectivity index (χ1n) is 11.1. The second kappa shape index (κ2) is 10.4. The van der Waals surface area contributed by atoms with E-state index < -0.39 is 0 Å². The number of benzene rings is 4. The molecule has 0 bridgehead atoms. The summed E-state index contributed by atoms with van der Waals surface area (Å²) in [4.78, 5) is 0. The Morgan fingerprint density at radius 2 is 1.19 bits per heavy atom. The highest BCUT2D eigenvalue weighted by Gasteiger charge is 2.11. The van der Waals surface area contributed by atoms with Crippen LogP contribution in [0, 0.1) is 41.5 Å². The average molecular weight is 410 g/mol. The Morgan fingerprint density at radius 3 is 1.87 bits per heavy atom. The zero-order valence-corrected chi connectivity index (χ0v) is 19.8. The lowest BCUT2D eigenvalue weighted by molar-refractivity contribution is 0.763. The number of hydrogen-bond acceptors (Lipinski definition) is 1. The van der Waals surface area contributed by atoms with Crippen LogP contribution in [0.5, 0.6) is 0 Å². The second-order valence-electron chi connectivity index (χ2n) is 8.78. The summed E-state index contributed by atoms with van der Waals surface area (Å²) in [6.45, 7) is 15.0. The summed E-state index contributed by atoms with van der Waals surface area (Å²) in [5, 5.41) is 6.06. The fraction of sp³-hybridized carbons (Fsp3) is 0.267. The maximum absolute atomic E-state index is 3.36. The molecule has 31 heavy (non-hydrogen) atoms. The molecule has 0 fully saturated rings. The maximum atomic E-state index is 3.36. The van der Waals surface area contributed by atoms with E-state index in [0.717, 1.165) is 13.1 Å². The molecular formula is C30H35N. The minimum atomic E-state index is 1.05. The largest absolute Gasteiger partial charge is 0.309 e. The third-order valence-electron chi connectivity index (χ3n) is 5.71. The zero-order chi connectivity index (χ0) is 22.4. The van der Waals surface area contributed by atoms with Crippen LogP contribution in [0.1, 0.15) is 44.5 Å². The molecule has 0 aromatic heterocycles. The summed E-state index contributed by atoms with van der Waals surface area (Å²) < 4.78 is 0. The predicted molar refractivity (Wildman–Crippen MR) is 136 cm³/mol. The number of hydrogen-bond donors (Lipinski definition) is 1. The van der Waals surface area contributed by atoms with E-state index in [4.69, 9.17) is 0 Å². The molecule has 0 saturated heterocycles. The van der Waals surface area contributed by atoms with Gasteiger partial charge >= 0.3 is 0 Å². The van der Waals surface area contributed by atoms with Crippen LogP contribution < -0.4 is 5.32 Å². The van der Waals surface area contributed by atoms with Crippen molar-refractivity contribution in [1.29, 1.82) is 0 Å². The van der Waals surface area contributed by atoms with Gasteiger partial charge in [-0.05, 0) is 74.6 Å². The van der Waals surface area contributed by atoms with E-state index in [0.29, 0.717) is 0 Å². The summed E-state index contributed by atoms with van der Waals surface area (Å²) in [5.41, 5.74) is 11.2. The lowest BCUT2D eigenvalue weighted by Gasteiger charge is -2.03. The molecule has 0 radical (unpaired) electrons. The molecule has 0 atom stereocenters. The van der Waals surface area contributed by atoms with Crippen LogP contribution in [-0.2, 0) is 13.1 Å². The van der Waals surface area contributed by atoms with Crippen LogP contribution in [0.2, 0.25) is 0 Å². The summed E-state index contributed by atoms with van der Waals surface area (Å²) in [7, 11) is 0. The van der Waals surface area contributed by atoms with Gasteiger partial charge in [0.2, 0.25) is 0 Å². The Balaban J connectivity index is 0.000000135. The Kier molecular flexibility index (Phi) is 7.65. The Bertz CT molecular complexity index is 1150. The summed E-state index contributed by atoms with van der Waals surface area (Å²) in [6, 6.07) is 25.9. The third kappa shape index (κ3) is 6.29. The van der Waals surface area contributed by atoms with Gasteiger partial charge in [-0.2, -0.15) is 0 Å². The molecule has 160 valence electrons. The fourth-order valence-electron chi connectivity index (χ4n) is 4.31. The van der Waals surface area contributed by atoms with Crippen LogP contribution in [0.15, 0.2) is 72.8 Å². The van der Waals surface area contributed by atoms with Crippen LogP contribution in [0.25, 0.3) is 10.8 Å². The van der Waals surface area contributed by atoms with E-state index in [9.17, 15) is 0 Å². The van der Waals surface area contributed by atoms with Crippen molar-refractivity contribution < 1.29 is 0 Å². The van der Waals surface area contributed by atoms with Crippen molar-refractivity contribution in [2.24, 2.45) is 0 Å². The molecule has 4 aromatic rings. The second-order valence-corrected chi connectivity index (χ2v) is 8.78. The van der Waals surface area contributed by atoms with Crippen molar-refractivity contribution in [2.75, 3.05) is 0 Å². The minimum absolute atomic E-state index is 1.05. The fourth-order valence-corrected chi connectivity index (χ4v) is 4.31. The van der Waals surface area contributed by atoms with E-state index in [1.54, 1.807) is 0 Å².